The van der Waals surface area contributed by atoms with Crippen molar-refractivity contribution in [2.45, 2.75) is 12.8 Å². The molecule has 5 nitrogen and oxygen atoms in total. The third kappa shape index (κ3) is 3.60. The third-order valence-electron chi connectivity index (χ3n) is 4.80. The van der Waals surface area contributed by atoms with E-state index < -0.39 is 0 Å². The highest BCUT2D eigenvalue weighted by Crippen LogP contribution is 2.20. The molecule has 134 valence electrons. The van der Waals surface area contributed by atoms with Crippen molar-refractivity contribution in [2.24, 2.45) is 5.92 Å². The van der Waals surface area contributed by atoms with E-state index in [0.717, 1.165) is 42.8 Å². The van der Waals surface area contributed by atoms with Gasteiger partial charge >= 0.3 is 0 Å². The Morgan fingerprint density at radius 3 is 2.85 bits per heavy atom. The number of nitrogens with one attached hydrogen (secondary N) is 2. The lowest BCUT2D eigenvalue weighted by molar-refractivity contribution is 0.0944. The topological polar surface area (TPSA) is 58.4 Å². The third-order valence-corrected chi connectivity index (χ3v) is 4.80. The van der Waals surface area contributed by atoms with Crippen LogP contribution in [0.15, 0.2) is 48.8 Å². The molecule has 0 radical (unpaired) electrons. The van der Waals surface area contributed by atoms with Crippen LogP contribution in [0.1, 0.15) is 23.2 Å². The van der Waals surface area contributed by atoms with Gasteiger partial charge in [-0.2, -0.15) is 0 Å². The summed E-state index contributed by atoms with van der Waals surface area (Å²) in [6.07, 6.45) is 5.94. The molecule has 3 aromatic rings. The maximum absolute atomic E-state index is 13.1. The maximum atomic E-state index is 13.1. The van der Waals surface area contributed by atoms with E-state index >= 15 is 0 Å². The summed E-state index contributed by atoms with van der Waals surface area (Å²) < 4.78 is 14.9. The summed E-state index contributed by atoms with van der Waals surface area (Å²) in [7, 11) is 0. The molecule has 6 heteroatoms. The number of carbonyl (C=O) groups excluding carboxylic acids is 1. The summed E-state index contributed by atoms with van der Waals surface area (Å²) in [4.78, 5) is 17.0. The van der Waals surface area contributed by atoms with Crippen molar-refractivity contribution in [3.8, 4) is 11.3 Å². The second-order valence-corrected chi connectivity index (χ2v) is 6.74. The first kappa shape index (κ1) is 16.7. The number of imidazole rings is 1. The second-order valence-electron chi connectivity index (χ2n) is 6.74. The molecule has 1 atom stereocenters. The van der Waals surface area contributed by atoms with E-state index in [1.54, 1.807) is 24.4 Å². The van der Waals surface area contributed by atoms with Crippen LogP contribution < -0.4 is 10.6 Å². The van der Waals surface area contributed by atoms with Crippen LogP contribution in [-0.4, -0.2) is 34.9 Å². The average molecular weight is 352 g/mol. The number of rotatable bonds is 4. The monoisotopic (exact) mass is 352 g/mol. The summed E-state index contributed by atoms with van der Waals surface area (Å²) in [5, 5.41) is 6.38. The Balaban J connectivity index is 1.49. The highest BCUT2D eigenvalue weighted by molar-refractivity contribution is 5.94. The minimum absolute atomic E-state index is 0.0745. The fourth-order valence-electron chi connectivity index (χ4n) is 3.32. The normalized spacial score (nSPS) is 17.3. The molecule has 1 fully saturated rings. The van der Waals surface area contributed by atoms with E-state index in [2.05, 4.69) is 15.6 Å². The molecule has 1 saturated heterocycles. The average Bonchev–Trinajstić information content (AvgIpc) is 3.10. The molecule has 2 N–H and O–H groups in total. The number of fused-ring (bicyclic) bond motifs is 1. The van der Waals surface area contributed by atoms with Crippen molar-refractivity contribution in [1.29, 1.82) is 0 Å². The molecule has 0 saturated carbocycles. The Morgan fingerprint density at radius 2 is 2.08 bits per heavy atom. The Morgan fingerprint density at radius 1 is 1.23 bits per heavy atom. The standard InChI is InChI=1S/C20H21FN4O/c21-17-6-3-15(4-7-17)18-13-25-12-16(5-8-19(25)24-18)20(26)23-11-14-2-1-9-22-10-14/h3-8,12-14,22H,1-2,9-11H2,(H,23,26)/t14-/m0/s1. The van der Waals surface area contributed by atoms with Gasteiger partial charge in [0.1, 0.15) is 11.5 Å². The van der Waals surface area contributed by atoms with Gasteiger partial charge in [-0.1, -0.05) is 0 Å². The van der Waals surface area contributed by atoms with Gasteiger partial charge in [0.2, 0.25) is 0 Å². The van der Waals surface area contributed by atoms with Crippen molar-refractivity contribution in [3.63, 3.8) is 0 Å². The molecule has 0 unspecified atom stereocenters. The summed E-state index contributed by atoms with van der Waals surface area (Å²) in [5.41, 5.74) is 2.93. The molecule has 0 bridgehead atoms. The van der Waals surface area contributed by atoms with Crippen molar-refractivity contribution >= 4 is 11.6 Å². The minimum Gasteiger partial charge on any atom is -0.352 e. The van der Waals surface area contributed by atoms with E-state index in [4.69, 9.17) is 0 Å². The van der Waals surface area contributed by atoms with Gasteiger partial charge in [0, 0.05) is 24.5 Å². The number of nitrogens with zero attached hydrogens (tertiary/aromatic N) is 2. The summed E-state index contributed by atoms with van der Waals surface area (Å²) >= 11 is 0. The minimum atomic E-state index is -0.273. The van der Waals surface area contributed by atoms with Gasteiger partial charge in [-0.25, -0.2) is 9.37 Å². The second kappa shape index (κ2) is 7.25. The molecular weight excluding hydrogens is 331 g/mol. The molecule has 1 aliphatic rings. The first-order valence-corrected chi connectivity index (χ1v) is 8.93. The molecule has 1 aromatic carbocycles. The van der Waals surface area contributed by atoms with Crippen LogP contribution in [0, 0.1) is 11.7 Å². The number of piperidine rings is 1. The van der Waals surface area contributed by atoms with Crippen LogP contribution in [0.3, 0.4) is 0 Å². The number of hydrogen-bond donors (Lipinski definition) is 2. The number of carbonyl (C=O) groups is 1. The van der Waals surface area contributed by atoms with E-state index in [1.165, 1.54) is 12.1 Å². The zero-order chi connectivity index (χ0) is 17.9. The van der Waals surface area contributed by atoms with Crippen LogP contribution in [0.2, 0.25) is 0 Å². The largest absolute Gasteiger partial charge is 0.352 e. The lowest BCUT2D eigenvalue weighted by Gasteiger charge is -2.22. The molecule has 4 rings (SSSR count). The maximum Gasteiger partial charge on any atom is 0.252 e. The van der Waals surface area contributed by atoms with Crippen molar-refractivity contribution in [1.82, 2.24) is 20.0 Å². The SMILES string of the molecule is O=C(NC[C@H]1CCCNC1)c1ccc2nc(-c3ccc(F)cc3)cn2c1. The predicted octanol–water partition coefficient (Wildman–Crippen LogP) is 2.87. The fourth-order valence-corrected chi connectivity index (χ4v) is 3.32. The van der Waals surface area contributed by atoms with Gasteiger partial charge in [-0.15, -0.1) is 0 Å². The molecule has 0 spiro atoms. The smallest absolute Gasteiger partial charge is 0.252 e. The molecule has 26 heavy (non-hydrogen) atoms. The molecule has 1 amide bonds. The summed E-state index contributed by atoms with van der Waals surface area (Å²) in [6, 6.07) is 9.83. The zero-order valence-corrected chi connectivity index (χ0v) is 14.4. The molecule has 3 heterocycles. The van der Waals surface area contributed by atoms with Crippen LogP contribution in [0.4, 0.5) is 4.39 Å². The molecule has 1 aliphatic heterocycles. The molecule has 2 aromatic heterocycles. The highest BCUT2D eigenvalue weighted by atomic mass is 19.1. The predicted molar refractivity (Wildman–Crippen MR) is 98.5 cm³/mol. The van der Waals surface area contributed by atoms with Gasteiger partial charge in [0.25, 0.3) is 5.91 Å². The quantitative estimate of drug-likeness (QED) is 0.759. The van der Waals surface area contributed by atoms with Crippen LogP contribution in [0.25, 0.3) is 16.9 Å². The Bertz CT molecular complexity index is 913. The van der Waals surface area contributed by atoms with Crippen LogP contribution in [0.5, 0.6) is 0 Å². The van der Waals surface area contributed by atoms with E-state index in [0.29, 0.717) is 18.0 Å². The van der Waals surface area contributed by atoms with Crippen molar-refractivity contribution < 1.29 is 9.18 Å². The van der Waals surface area contributed by atoms with Gasteiger partial charge < -0.3 is 15.0 Å². The Hall–Kier alpha value is -2.73. The number of amides is 1. The Labute approximate surface area is 151 Å². The van der Waals surface area contributed by atoms with E-state index in [9.17, 15) is 9.18 Å². The first-order chi connectivity index (χ1) is 12.7. The molecule has 0 aliphatic carbocycles. The number of benzene rings is 1. The number of halogens is 1. The van der Waals surface area contributed by atoms with Crippen molar-refractivity contribution in [2.75, 3.05) is 19.6 Å². The van der Waals surface area contributed by atoms with Crippen LogP contribution in [-0.2, 0) is 0 Å². The van der Waals surface area contributed by atoms with Gasteiger partial charge in [-0.05, 0) is 68.2 Å². The fraction of sp³-hybridized carbons (Fsp3) is 0.300. The van der Waals surface area contributed by atoms with Gasteiger partial charge in [0.15, 0.2) is 0 Å². The number of hydrogen-bond acceptors (Lipinski definition) is 3. The Kier molecular flexibility index (Phi) is 4.67. The van der Waals surface area contributed by atoms with Gasteiger partial charge in [0.05, 0.1) is 11.3 Å². The summed E-state index contributed by atoms with van der Waals surface area (Å²) in [6.45, 7) is 2.72. The molecular formula is C20H21FN4O. The number of pyridine rings is 1. The first-order valence-electron chi connectivity index (χ1n) is 8.93. The summed E-state index contributed by atoms with van der Waals surface area (Å²) in [5.74, 6) is 0.147. The van der Waals surface area contributed by atoms with Crippen LogP contribution >= 0.6 is 0 Å². The van der Waals surface area contributed by atoms with E-state index in [1.807, 2.05) is 16.7 Å². The highest BCUT2D eigenvalue weighted by Gasteiger charge is 2.15. The lowest BCUT2D eigenvalue weighted by Crippen LogP contribution is -2.38. The lowest BCUT2D eigenvalue weighted by atomic mass is 10.00. The van der Waals surface area contributed by atoms with E-state index in [-0.39, 0.29) is 11.7 Å². The van der Waals surface area contributed by atoms with Gasteiger partial charge in [-0.3, -0.25) is 4.79 Å². The number of aromatic nitrogens is 2. The van der Waals surface area contributed by atoms with Crippen molar-refractivity contribution in [3.05, 3.63) is 60.2 Å². The zero-order valence-electron chi connectivity index (χ0n) is 14.4.